The van der Waals surface area contributed by atoms with E-state index in [9.17, 15) is 19.2 Å². The maximum atomic E-state index is 13.6. The van der Waals surface area contributed by atoms with E-state index in [0.717, 1.165) is 16.0 Å². The topological polar surface area (TPSA) is 130 Å². The van der Waals surface area contributed by atoms with Crippen molar-refractivity contribution in [3.63, 3.8) is 0 Å². The normalized spacial score (nSPS) is 11.6. The zero-order valence-corrected chi connectivity index (χ0v) is 28.9. The zero-order chi connectivity index (χ0) is 36.3. The molecular weight excluding hydrogens is 673 g/mol. The molecule has 52 heavy (non-hydrogen) atoms. The van der Waals surface area contributed by atoms with Gasteiger partial charge in [0, 0.05) is 46.1 Å². The number of carbonyl (C=O) groups excluding carboxylic acids is 4. The van der Waals surface area contributed by atoms with Crippen LogP contribution >= 0.6 is 11.8 Å². The first-order valence-corrected chi connectivity index (χ1v) is 17.2. The molecule has 0 unspecified atom stereocenters. The van der Waals surface area contributed by atoms with Crippen molar-refractivity contribution in [1.29, 1.82) is 0 Å². The number of benzene rings is 5. The molecule has 0 aliphatic heterocycles. The van der Waals surface area contributed by atoms with Gasteiger partial charge in [0.05, 0.1) is 0 Å². The van der Waals surface area contributed by atoms with E-state index in [1.165, 1.54) is 24.8 Å². The van der Waals surface area contributed by atoms with Crippen LogP contribution in [-0.4, -0.2) is 23.6 Å². The summed E-state index contributed by atoms with van der Waals surface area (Å²) in [6, 6.07) is 45.2. The van der Waals surface area contributed by atoms with Crippen molar-refractivity contribution >= 4 is 58.5 Å². The van der Waals surface area contributed by atoms with Crippen molar-refractivity contribution in [2.24, 2.45) is 0 Å². The smallest absolute Gasteiger partial charge is 0.272 e. The van der Waals surface area contributed by atoms with Crippen molar-refractivity contribution in [3.8, 4) is 11.3 Å². The molecule has 0 radical (unpaired) electrons. The second-order valence-electron chi connectivity index (χ2n) is 11.6. The molecule has 0 saturated carbocycles. The van der Waals surface area contributed by atoms with Crippen LogP contribution in [0.3, 0.4) is 0 Å². The average Bonchev–Trinajstić information content (AvgIpc) is 3.64. The summed E-state index contributed by atoms with van der Waals surface area (Å²) < 4.78 is 5.99. The summed E-state index contributed by atoms with van der Waals surface area (Å²) in [5.41, 5.74) is 3.79. The van der Waals surface area contributed by atoms with Crippen LogP contribution in [0, 0.1) is 0 Å². The van der Waals surface area contributed by atoms with E-state index in [-0.39, 0.29) is 17.5 Å². The summed E-state index contributed by atoms with van der Waals surface area (Å²) in [5.74, 6) is -0.389. The molecule has 0 aliphatic rings. The van der Waals surface area contributed by atoms with Gasteiger partial charge >= 0.3 is 0 Å². The van der Waals surface area contributed by atoms with Gasteiger partial charge in [-0.2, -0.15) is 0 Å². The van der Waals surface area contributed by atoms with Crippen LogP contribution in [0.4, 0.5) is 17.1 Å². The molecule has 10 heteroatoms. The molecule has 6 rings (SSSR count). The zero-order valence-electron chi connectivity index (χ0n) is 28.0. The van der Waals surface area contributed by atoms with E-state index in [1.54, 1.807) is 78.9 Å². The van der Waals surface area contributed by atoms with Crippen LogP contribution in [0.25, 0.3) is 17.4 Å². The molecule has 0 spiro atoms. The fourth-order valence-electron chi connectivity index (χ4n) is 5.17. The van der Waals surface area contributed by atoms with Crippen LogP contribution in [0.1, 0.15) is 33.9 Å². The molecular formula is C42H34N4O5S. The Kier molecular flexibility index (Phi) is 11.4. The lowest BCUT2D eigenvalue weighted by Crippen LogP contribution is -2.30. The summed E-state index contributed by atoms with van der Waals surface area (Å²) >= 11 is 1.36. The van der Waals surface area contributed by atoms with Crippen LogP contribution in [-0.2, 0) is 14.4 Å². The first kappa shape index (κ1) is 35.2. The van der Waals surface area contributed by atoms with Gasteiger partial charge in [-0.15, -0.1) is 11.8 Å². The maximum Gasteiger partial charge on any atom is 0.272 e. The highest BCUT2D eigenvalue weighted by molar-refractivity contribution is 8.00. The Morgan fingerprint density at radius 3 is 1.81 bits per heavy atom. The highest BCUT2D eigenvalue weighted by atomic mass is 32.2. The minimum absolute atomic E-state index is 0.00723. The van der Waals surface area contributed by atoms with Gasteiger partial charge in [-0.05, 0) is 78.4 Å². The number of furan rings is 1. The third kappa shape index (κ3) is 9.52. The van der Waals surface area contributed by atoms with Gasteiger partial charge < -0.3 is 25.7 Å². The number of rotatable bonds is 12. The minimum atomic E-state index is -0.589. The SMILES string of the molecule is CC(=O)Nc1ccc(NC(=O)[C@@H](Sc2ccc(NC(=O)/C(=C\c3ccc(-c4ccccc4)o3)NC(=O)c3ccccc3)cc2)c2ccccc2)cc1. The van der Waals surface area contributed by atoms with Crippen LogP contribution in [0.5, 0.6) is 0 Å². The molecule has 0 fully saturated rings. The molecule has 5 aromatic carbocycles. The maximum absolute atomic E-state index is 13.6. The molecule has 0 saturated heterocycles. The number of carbonyl (C=O) groups is 4. The lowest BCUT2D eigenvalue weighted by Gasteiger charge is -2.18. The molecule has 0 aliphatic carbocycles. The van der Waals surface area contributed by atoms with Crippen molar-refractivity contribution in [1.82, 2.24) is 5.32 Å². The van der Waals surface area contributed by atoms with Gasteiger partial charge in [-0.3, -0.25) is 19.2 Å². The number of thioether (sulfide) groups is 1. The Bertz CT molecular complexity index is 2190. The standard InChI is InChI=1S/C42H34N4O5S/c1-28(47)43-32-17-19-33(20-18-32)45-42(50)39(30-13-7-3-8-14-30)52-36-24-21-34(22-25-36)44-41(49)37(46-40(48)31-15-9-4-10-16-31)27-35-23-26-38(51-35)29-11-5-2-6-12-29/h2-27,39H,1H3,(H,43,47)(H,44,49)(H,45,50)(H,46,48)/b37-27+/t39-/m0/s1. The van der Waals surface area contributed by atoms with E-state index < -0.39 is 17.1 Å². The monoisotopic (exact) mass is 706 g/mol. The summed E-state index contributed by atoms with van der Waals surface area (Å²) in [7, 11) is 0. The summed E-state index contributed by atoms with van der Waals surface area (Å²) in [4.78, 5) is 52.5. The summed E-state index contributed by atoms with van der Waals surface area (Å²) in [5, 5.41) is 10.7. The van der Waals surface area contributed by atoms with Gasteiger partial charge in [0.1, 0.15) is 22.5 Å². The van der Waals surface area contributed by atoms with Crippen molar-refractivity contribution in [3.05, 3.63) is 174 Å². The highest BCUT2D eigenvalue weighted by Crippen LogP contribution is 2.37. The first-order valence-electron chi connectivity index (χ1n) is 16.4. The summed E-state index contributed by atoms with van der Waals surface area (Å²) in [6.45, 7) is 1.43. The van der Waals surface area contributed by atoms with Gasteiger partial charge in [-0.25, -0.2) is 0 Å². The lowest BCUT2D eigenvalue weighted by atomic mass is 10.1. The fourth-order valence-corrected chi connectivity index (χ4v) is 6.20. The lowest BCUT2D eigenvalue weighted by molar-refractivity contribution is -0.116. The second kappa shape index (κ2) is 16.8. The van der Waals surface area contributed by atoms with Crippen molar-refractivity contribution in [2.45, 2.75) is 17.1 Å². The molecule has 1 heterocycles. The highest BCUT2D eigenvalue weighted by Gasteiger charge is 2.23. The van der Waals surface area contributed by atoms with Crippen LogP contribution in [0.15, 0.2) is 167 Å². The molecule has 9 nitrogen and oxygen atoms in total. The molecule has 258 valence electrons. The van der Waals surface area contributed by atoms with Crippen molar-refractivity contribution < 1.29 is 23.6 Å². The van der Waals surface area contributed by atoms with Crippen LogP contribution in [0.2, 0.25) is 0 Å². The Morgan fingerprint density at radius 2 is 1.17 bits per heavy atom. The van der Waals surface area contributed by atoms with E-state index in [2.05, 4.69) is 21.3 Å². The third-order valence-electron chi connectivity index (χ3n) is 7.68. The number of hydrogen-bond acceptors (Lipinski definition) is 6. The Hall–Kier alpha value is -6.65. The average molecular weight is 707 g/mol. The largest absolute Gasteiger partial charge is 0.457 e. The summed E-state index contributed by atoms with van der Waals surface area (Å²) in [6.07, 6.45) is 1.49. The number of amides is 4. The Labute approximate surface area is 305 Å². The molecule has 4 amide bonds. The quantitative estimate of drug-likeness (QED) is 0.0744. The van der Waals surface area contributed by atoms with Crippen LogP contribution < -0.4 is 21.3 Å². The number of nitrogens with one attached hydrogen (secondary N) is 4. The van der Waals surface area contributed by atoms with Gasteiger partial charge in [0.25, 0.3) is 11.8 Å². The van der Waals surface area contributed by atoms with E-state index in [0.29, 0.717) is 34.1 Å². The van der Waals surface area contributed by atoms with E-state index in [1.807, 2.05) is 72.8 Å². The van der Waals surface area contributed by atoms with Gasteiger partial charge in [-0.1, -0.05) is 78.9 Å². The second-order valence-corrected chi connectivity index (χ2v) is 12.8. The number of anilines is 3. The van der Waals surface area contributed by atoms with Gasteiger partial charge in [0.2, 0.25) is 11.8 Å². The predicted molar refractivity (Wildman–Crippen MR) is 206 cm³/mol. The number of hydrogen-bond donors (Lipinski definition) is 4. The Balaban J connectivity index is 1.18. The van der Waals surface area contributed by atoms with E-state index in [4.69, 9.17) is 4.42 Å². The van der Waals surface area contributed by atoms with E-state index >= 15 is 0 Å². The van der Waals surface area contributed by atoms with Crippen molar-refractivity contribution in [2.75, 3.05) is 16.0 Å². The molecule has 1 atom stereocenters. The fraction of sp³-hybridized carbons (Fsp3) is 0.0476. The minimum Gasteiger partial charge on any atom is -0.457 e. The van der Waals surface area contributed by atoms with Gasteiger partial charge in [0.15, 0.2) is 0 Å². The Morgan fingerprint density at radius 1 is 0.615 bits per heavy atom. The first-order chi connectivity index (χ1) is 25.3. The third-order valence-corrected chi connectivity index (χ3v) is 8.95. The molecule has 4 N–H and O–H groups in total. The molecule has 0 bridgehead atoms. The molecule has 1 aromatic heterocycles. The molecule has 6 aromatic rings. The predicted octanol–water partition coefficient (Wildman–Crippen LogP) is 8.79.